The second kappa shape index (κ2) is 16.1. The van der Waals surface area contributed by atoms with E-state index in [-0.39, 0.29) is 24.0 Å². The highest BCUT2D eigenvalue weighted by atomic mass is 127. The predicted molar refractivity (Wildman–Crippen MR) is 116 cm³/mol. The van der Waals surface area contributed by atoms with Gasteiger partial charge in [0.1, 0.15) is 0 Å². The van der Waals surface area contributed by atoms with Crippen LogP contribution < -0.4 is 10.6 Å². The minimum absolute atomic E-state index is 0. The largest absolute Gasteiger partial charge is 0.379 e. The molecule has 0 amide bonds. The molecule has 6 nitrogen and oxygen atoms in total. The van der Waals surface area contributed by atoms with Crippen LogP contribution in [0.2, 0.25) is 0 Å². The van der Waals surface area contributed by atoms with Crippen molar-refractivity contribution in [2.45, 2.75) is 45.6 Å². The number of hydrogen-bond acceptors (Lipinski definition) is 4. The molecule has 1 atom stereocenters. The van der Waals surface area contributed by atoms with E-state index in [0.717, 1.165) is 44.5 Å². The summed E-state index contributed by atoms with van der Waals surface area (Å²) in [6, 6.07) is 0.553. The summed E-state index contributed by atoms with van der Waals surface area (Å²) in [5.74, 6) is 1.70. The lowest BCUT2D eigenvalue weighted by Gasteiger charge is -2.23. The van der Waals surface area contributed by atoms with E-state index >= 15 is 0 Å². The van der Waals surface area contributed by atoms with Crippen LogP contribution in [0.3, 0.4) is 0 Å². The van der Waals surface area contributed by atoms with Gasteiger partial charge in [0, 0.05) is 25.7 Å². The van der Waals surface area contributed by atoms with Crippen molar-refractivity contribution in [3.8, 4) is 0 Å². The van der Waals surface area contributed by atoms with Crippen LogP contribution in [0.15, 0.2) is 4.99 Å². The molecule has 1 unspecified atom stereocenters. The van der Waals surface area contributed by atoms with Gasteiger partial charge in [0.05, 0.1) is 26.4 Å². The van der Waals surface area contributed by atoms with Crippen molar-refractivity contribution >= 4 is 29.9 Å². The van der Waals surface area contributed by atoms with Gasteiger partial charge in [-0.1, -0.05) is 13.3 Å². The lowest BCUT2D eigenvalue weighted by molar-refractivity contribution is 0.0487. The van der Waals surface area contributed by atoms with E-state index in [4.69, 9.17) is 14.5 Å². The number of guanidine groups is 1. The van der Waals surface area contributed by atoms with E-state index in [1.807, 2.05) is 0 Å². The molecule has 0 heterocycles. The van der Waals surface area contributed by atoms with Gasteiger partial charge in [-0.3, -0.25) is 4.99 Å². The first kappa shape index (κ1) is 24.9. The van der Waals surface area contributed by atoms with Crippen molar-refractivity contribution in [3.63, 3.8) is 0 Å². The number of rotatable bonds is 14. The topological polar surface area (TPSA) is 58.1 Å². The smallest absolute Gasteiger partial charge is 0.191 e. The van der Waals surface area contributed by atoms with Crippen LogP contribution in [0.25, 0.3) is 0 Å². The maximum atomic E-state index is 5.58. The molecule has 150 valence electrons. The minimum Gasteiger partial charge on any atom is -0.379 e. The summed E-state index contributed by atoms with van der Waals surface area (Å²) >= 11 is 0. The predicted octanol–water partition coefficient (Wildman–Crippen LogP) is 2.33. The van der Waals surface area contributed by atoms with Crippen molar-refractivity contribution in [3.05, 3.63) is 0 Å². The number of nitrogens with one attached hydrogen (secondary N) is 2. The second-order valence-corrected chi connectivity index (χ2v) is 6.59. The standard InChI is InChI=1S/C18H38N4O2.HI/c1-5-7-11-23-13-14-24-12-10-20-18(19-6-2)21-15-17(22(3)4)16-8-9-16;/h16-17H,5-15H2,1-4H3,(H2,19,20,21);1H. The Balaban J connectivity index is 0.00000576. The molecule has 0 aromatic carbocycles. The van der Waals surface area contributed by atoms with E-state index in [2.05, 4.69) is 43.5 Å². The van der Waals surface area contributed by atoms with Gasteiger partial charge in [-0.25, -0.2) is 0 Å². The summed E-state index contributed by atoms with van der Waals surface area (Å²) in [7, 11) is 4.30. The molecule has 0 aromatic heterocycles. The van der Waals surface area contributed by atoms with E-state index in [1.54, 1.807) is 0 Å². The Morgan fingerprint density at radius 3 is 2.32 bits per heavy atom. The van der Waals surface area contributed by atoms with Crippen molar-refractivity contribution in [1.29, 1.82) is 0 Å². The van der Waals surface area contributed by atoms with Crippen LogP contribution in [0.5, 0.6) is 0 Å². The molecule has 0 aromatic rings. The van der Waals surface area contributed by atoms with Crippen LogP contribution in [0.4, 0.5) is 0 Å². The monoisotopic (exact) mass is 470 g/mol. The van der Waals surface area contributed by atoms with E-state index in [9.17, 15) is 0 Å². The molecular weight excluding hydrogens is 431 g/mol. The van der Waals surface area contributed by atoms with E-state index in [0.29, 0.717) is 25.9 Å². The summed E-state index contributed by atoms with van der Waals surface area (Å²) in [6.07, 6.45) is 4.98. The highest BCUT2D eigenvalue weighted by Crippen LogP contribution is 2.34. The molecule has 1 fully saturated rings. The van der Waals surface area contributed by atoms with Crippen LogP contribution in [-0.4, -0.2) is 77.1 Å². The summed E-state index contributed by atoms with van der Waals surface area (Å²) in [4.78, 5) is 7.03. The Morgan fingerprint density at radius 1 is 1.08 bits per heavy atom. The molecule has 7 heteroatoms. The number of nitrogens with zero attached hydrogens (tertiary/aromatic N) is 2. The van der Waals surface area contributed by atoms with Crippen LogP contribution >= 0.6 is 24.0 Å². The highest BCUT2D eigenvalue weighted by Gasteiger charge is 2.32. The SMILES string of the molecule is CCCCOCCOCCNC(=NCC(C1CC1)N(C)C)NCC.I. The van der Waals surface area contributed by atoms with Gasteiger partial charge < -0.3 is 25.0 Å². The molecule has 1 saturated carbocycles. The molecule has 0 saturated heterocycles. The van der Waals surface area contributed by atoms with E-state index < -0.39 is 0 Å². The van der Waals surface area contributed by atoms with Crippen LogP contribution in [0.1, 0.15) is 39.5 Å². The van der Waals surface area contributed by atoms with Gasteiger partial charge >= 0.3 is 0 Å². The Labute approximate surface area is 171 Å². The third-order valence-corrected chi connectivity index (χ3v) is 4.16. The molecule has 1 rings (SSSR count). The van der Waals surface area contributed by atoms with Crippen molar-refractivity contribution in [2.75, 3.05) is 60.2 Å². The first-order valence-electron chi connectivity index (χ1n) is 9.53. The fourth-order valence-electron chi connectivity index (χ4n) is 2.55. The zero-order chi connectivity index (χ0) is 17.6. The molecule has 2 N–H and O–H groups in total. The summed E-state index contributed by atoms with van der Waals surface area (Å²) in [5.41, 5.74) is 0. The molecule has 0 spiro atoms. The summed E-state index contributed by atoms with van der Waals surface area (Å²) < 4.78 is 11.0. The first-order chi connectivity index (χ1) is 11.7. The van der Waals surface area contributed by atoms with Crippen molar-refractivity contribution in [2.24, 2.45) is 10.9 Å². The number of aliphatic imine (C=N–C) groups is 1. The molecule has 1 aliphatic carbocycles. The molecule has 0 aliphatic heterocycles. The molecule has 25 heavy (non-hydrogen) atoms. The number of hydrogen-bond donors (Lipinski definition) is 2. The van der Waals surface area contributed by atoms with Crippen molar-refractivity contribution < 1.29 is 9.47 Å². The third-order valence-electron chi connectivity index (χ3n) is 4.16. The van der Waals surface area contributed by atoms with Gasteiger partial charge in [0.15, 0.2) is 5.96 Å². The van der Waals surface area contributed by atoms with Gasteiger partial charge in [0.2, 0.25) is 0 Å². The fourth-order valence-corrected chi connectivity index (χ4v) is 2.55. The molecular formula is C18H39IN4O2. The minimum atomic E-state index is 0. The fraction of sp³-hybridized carbons (Fsp3) is 0.944. The zero-order valence-corrected chi connectivity index (χ0v) is 18.9. The van der Waals surface area contributed by atoms with Crippen molar-refractivity contribution in [1.82, 2.24) is 15.5 Å². The maximum absolute atomic E-state index is 5.58. The molecule has 1 aliphatic rings. The van der Waals surface area contributed by atoms with Gasteiger partial charge in [-0.05, 0) is 46.2 Å². The first-order valence-corrected chi connectivity index (χ1v) is 9.53. The number of ether oxygens (including phenoxy) is 2. The highest BCUT2D eigenvalue weighted by molar-refractivity contribution is 14.0. The lowest BCUT2D eigenvalue weighted by atomic mass is 10.2. The quantitative estimate of drug-likeness (QED) is 0.177. The van der Waals surface area contributed by atoms with E-state index in [1.165, 1.54) is 19.3 Å². The summed E-state index contributed by atoms with van der Waals surface area (Å²) in [5, 5.41) is 6.64. The lowest BCUT2D eigenvalue weighted by Crippen LogP contribution is -2.41. The summed E-state index contributed by atoms with van der Waals surface area (Å²) in [6.45, 7) is 9.57. The Hall–Kier alpha value is -0.120. The van der Waals surface area contributed by atoms with Crippen LogP contribution in [0, 0.1) is 5.92 Å². The Bertz CT molecular complexity index is 337. The van der Waals surface area contributed by atoms with Crippen LogP contribution in [-0.2, 0) is 9.47 Å². The third kappa shape index (κ3) is 12.8. The molecule has 0 radical (unpaired) electrons. The Kier molecular flexibility index (Phi) is 16.0. The second-order valence-electron chi connectivity index (χ2n) is 6.59. The number of likely N-dealkylation sites (N-methyl/N-ethyl adjacent to an activating group) is 1. The maximum Gasteiger partial charge on any atom is 0.191 e. The van der Waals surface area contributed by atoms with Gasteiger partial charge in [-0.15, -0.1) is 24.0 Å². The number of halogens is 1. The van der Waals surface area contributed by atoms with Gasteiger partial charge in [0.25, 0.3) is 0 Å². The normalized spacial score (nSPS) is 15.8. The average Bonchev–Trinajstić information content (AvgIpc) is 3.38. The Morgan fingerprint density at radius 2 is 1.76 bits per heavy atom. The molecule has 0 bridgehead atoms. The average molecular weight is 470 g/mol. The zero-order valence-electron chi connectivity index (χ0n) is 16.6. The van der Waals surface area contributed by atoms with Gasteiger partial charge in [-0.2, -0.15) is 0 Å². The number of unbranched alkanes of at least 4 members (excludes halogenated alkanes) is 1.